The van der Waals surface area contributed by atoms with Gasteiger partial charge in [-0.25, -0.2) is 0 Å². The van der Waals surface area contributed by atoms with Crippen LogP contribution in [0, 0.1) is 0 Å². The summed E-state index contributed by atoms with van der Waals surface area (Å²) in [4.78, 5) is 12.1. The molecule has 1 amide bonds. The lowest BCUT2D eigenvalue weighted by atomic mass is 10.1. The Hall–Kier alpha value is -2.00. The van der Waals surface area contributed by atoms with Crippen LogP contribution >= 0.6 is 11.6 Å². The number of amides is 1. The van der Waals surface area contributed by atoms with Gasteiger partial charge < -0.3 is 10.1 Å². The Morgan fingerprint density at radius 1 is 1.17 bits per heavy atom. The van der Waals surface area contributed by atoms with Crippen molar-refractivity contribution >= 4 is 17.5 Å². The summed E-state index contributed by atoms with van der Waals surface area (Å²) in [5.74, 6) is 0.659. The van der Waals surface area contributed by atoms with E-state index in [1.165, 1.54) is 0 Å². The van der Waals surface area contributed by atoms with Gasteiger partial charge in [-0.05, 0) is 43.7 Å². The van der Waals surface area contributed by atoms with E-state index in [4.69, 9.17) is 16.3 Å². The minimum atomic E-state index is -0.0522. The highest BCUT2D eigenvalue weighted by atomic mass is 35.5. The summed E-state index contributed by atoms with van der Waals surface area (Å²) in [6.45, 7) is 4.52. The number of halogens is 1. The van der Waals surface area contributed by atoms with E-state index in [0.717, 1.165) is 18.4 Å². The highest BCUT2D eigenvalue weighted by Crippen LogP contribution is 2.19. The second kappa shape index (κ2) is 8.59. The maximum absolute atomic E-state index is 12.1. The van der Waals surface area contributed by atoms with Gasteiger partial charge in [0.05, 0.1) is 0 Å². The first-order valence-corrected chi connectivity index (χ1v) is 8.25. The van der Waals surface area contributed by atoms with Gasteiger partial charge >= 0.3 is 0 Å². The van der Waals surface area contributed by atoms with E-state index < -0.39 is 0 Å². The van der Waals surface area contributed by atoms with Crippen LogP contribution in [0.15, 0.2) is 48.5 Å². The highest BCUT2D eigenvalue weighted by Gasteiger charge is 2.09. The molecule has 1 N–H and O–H groups in total. The van der Waals surface area contributed by atoms with E-state index in [1.807, 2.05) is 31.2 Å². The molecule has 0 aliphatic rings. The Morgan fingerprint density at radius 2 is 1.87 bits per heavy atom. The van der Waals surface area contributed by atoms with Crippen LogP contribution in [0.2, 0.25) is 5.02 Å². The molecule has 1 atom stereocenters. The third kappa shape index (κ3) is 5.29. The fourth-order valence-corrected chi connectivity index (χ4v) is 2.48. The molecule has 3 nitrogen and oxygen atoms in total. The first kappa shape index (κ1) is 17.4. The predicted molar refractivity (Wildman–Crippen MR) is 94.1 cm³/mol. The van der Waals surface area contributed by atoms with E-state index in [1.54, 1.807) is 24.3 Å². The Labute approximate surface area is 142 Å². The average molecular weight is 332 g/mol. The maximum Gasteiger partial charge on any atom is 0.251 e. The van der Waals surface area contributed by atoms with Crippen molar-refractivity contribution in [1.29, 1.82) is 0 Å². The molecular weight excluding hydrogens is 310 g/mol. The second-order valence-electron chi connectivity index (χ2n) is 5.57. The minimum absolute atomic E-state index is 0.0522. The van der Waals surface area contributed by atoms with Gasteiger partial charge in [0.2, 0.25) is 0 Å². The molecule has 0 heterocycles. The monoisotopic (exact) mass is 331 g/mol. The molecule has 2 rings (SSSR count). The molecule has 0 fully saturated rings. The Bertz CT molecular complexity index is 640. The van der Waals surface area contributed by atoms with Gasteiger partial charge in [-0.3, -0.25) is 4.79 Å². The molecule has 23 heavy (non-hydrogen) atoms. The number of carbonyl (C=O) groups is 1. The molecule has 0 aliphatic carbocycles. The molecule has 122 valence electrons. The van der Waals surface area contributed by atoms with Crippen molar-refractivity contribution in [2.45, 2.75) is 39.3 Å². The summed E-state index contributed by atoms with van der Waals surface area (Å²) in [7, 11) is 0. The minimum Gasteiger partial charge on any atom is -0.489 e. The molecule has 0 aliphatic heterocycles. The zero-order valence-corrected chi connectivity index (χ0v) is 14.3. The van der Waals surface area contributed by atoms with E-state index in [9.17, 15) is 4.79 Å². The summed E-state index contributed by atoms with van der Waals surface area (Å²) < 4.78 is 5.71. The molecule has 0 saturated heterocycles. The Balaban J connectivity index is 1.92. The van der Waals surface area contributed by atoms with Crippen LogP contribution in [0.4, 0.5) is 0 Å². The van der Waals surface area contributed by atoms with Crippen molar-refractivity contribution in [3.63, 3.8) is 0 Å². The summed E-state index contributed by atoms with van der Waals surface area (Å²) in [6, 6.07) is 14.9. The van der Waals surface area contributed by atoms with Crippen molar-refractivity contribution < 1.29 is 9.53 Å². The van der Waals surface area contributed by atoms with Crippen LogP contribution in [0.5, 0.6) is 5.75 Å². The van der Waals surface area contributed by atoms with Crippen molar-refractivity contribution in [3.05, 3.63) is 64.7 Å². The standard InChI is InChI=1S/C19H22ClNO2/c1-3-6-14(2)21-19(22)15-9-11-17(12-10-15)23-13-16-7-4-5-8-18(16)20/h4-5,7-12,14H,3,6,13H2,1-2H3,(H,21,22)/t14-/m0/s1. The lowest BCUT2D eigenvalue weighted by molar-refractivity contribution is 0.0938. The molecule has 0 saturated carbocycles. The number of hydrogen-bond donors (Lipinski definition) is 1. The molecule has 0 spiro atoms. The van der Waals surface area contributed by atoms with Crippen LogP contribution in [-0.4, -0.2) is 11.9 Å². The number of ether oxygens (including phenoxy) is 1. The van der Waals surface area contributed by atoms with Gasteiger partial charge in [0.1, 0.15) is 12.4 Å². The lowest BCUT2D eigenvalue weighted by Gasteiger charge is -2.13. The Kier molecular flexibility index (Phi) is 6.48. The van der Waals surface area contributed by atoms with E-state index in [0.29, 0.717) is 22.9 Å². The first-order chi connectivity index (χ1) is 11.1. The number of benzene rings is 2. The van der Waals surface area contributed by atoms with E-state index >= 15 is 0 Å². The van der Waals surface area contributed by atoms with Crippen LogP contribution < -0.4 is 10.1 Å². The zero-order valence-electron chi connectivity index (χ0n) is 13.5. The average Bonchev–Trinajstić information content (AvgIpc) is 2.55. The van der Waals surface area contributed by atoms with Crippen LogP contribution in [0.25, 0.3) is 0 Å². The molecule has 0 aromatic heterocycles. The molecule has 2 aromatic carbocycles. The summed E-state index contributed by atoms with van der Waals surface area (Å²) in [5, 5.41) is 3.67. The number of rotatable bonds is 7. The van der Waals surface area contributed by atoms with Crippen molar-refractivity contribution in [2.75, 3.05) is 0 Å². The molecule has 4 heteroatoms. The SMILES string of the molecule is CCC[C@H](C)NC(=O)c1ccc(OCc2ccccc2Cl)cc1. The number of carbonyl (C=O) groups excluding carboxylic acids is 1. The highest BCUT2D eigenvalue weighted by molar-refractivity contribution is 6.31. The zero-order chi connectivity index (χ0) is 16.7. The van der Waals surface area contributed by atoms with E-state index in [2.05, 4.69) is 12.2 Å². The predicted octanol–water partition coefficient (Wildman–Crippen LogP) is 4.84. The molecule has 0 unspecified atom stereocenters. The normalized spacial score (nSPS) is 11.8. The van der Waals surface area contributed by atoms with Gasteiger partial charge in [0.25, 0.3) is 5.91 Å². The second-order valence-corrected chi connectivity index (χ2v) is 5.97. The molecule has 0 radical (unpaired) electrons. The van der Waals surface area contributed by atoms with Gasteiger partial charge in [-0.15, -0.1) is 0 Å². The van der Waals surface area contributed by atoms with E-state index in [-0.39, 0.29) is 11.9 Å². The Morgan fingerprint density at radius 3 is 2.52 bits per heavy atom. The smallest absolute Gasteiger partial charge is 0.251 e. The molecule has 2 aromatic rings. The van der Waals surface area contributed by atoms with Crippen molar-refractivity contribution in [1.82, 2.24) is 5.32 Å². The fourth-order valence-electron chi connectivity index (χ4n) is 2.29. The van der Waals surface area contributed by atoms with Crippen molar-refractivity contribution in [3.8, 4) is 5.75 Å². The molecular formula is C19H22ClNO2. The number of hydrogen-bond acceptors (Lipinski definition) is 2. The van der Waals surface area contributed by atoms with Gasteiger partial charge in [0.15, 0.2) is 0 Å². The number of nitrogens with one attached hydrogen (secondary N) is 1. The van der Waals surface area contributed by atoms with Crippen LogP contribution in [-0.2, 0) is 6.61 Å². The lowest BCUT2D eigenvalue weighted by Crippen LogP contribution is -2.32. The largest absolute Gasteiger partial charge is 0.489 e. The molecule has 0 bridgehead atoms. The maximum atomic E-state index is 12.1. The van der Waals surface area contributed by atoms with Crippen LogP contribution in [0.3, 0.4) is 0 Å². The van der Waals surface area contributed by atoms with Crippen LogP contribution in [0.1, 0.15) is 42.6 Å². The van der Waals surface area contributed by atoms with Gasteiger partial charge in [-0.1, -0.05) is 43.1 Å². The van der Waals surface area contributed by atoms with Gasteiger partial charge in [0, 0.05) is 22.2 Å². The fraction of sp³-hybridized carbons (Fsp3) is 0.316. The summed E-state index contributed by atoms with van der Waals surface area (Å²) >= 11 is 6.10. The summed E-state index contributed by atoms with van der Waals surface area (Å²) in [6.07, 6.45) is 2.03. The first-order valence-electron chi connectivity index (χ1n) is 7.87. The third-order valence-electron chi connectivity index (χ3n) is 3.57. The van der Waals surface area contributed by atoms with Crippen molar-refractivity contribution in [2.24, 2.45) is 0 Å². The third-order valence-corrected chi connectivity index (χ3v) is 3.94. The summed E-state index contributed by atoms with van der Waals surface area (Å²) in [5.41, 5.74) is 1.57. The topological polar surface area (TPSA) is 38.3 Å². The van der Waals surface area contributed by atoms with Gasteiger partial charge in [-0.2, -0.15) is 0 Å². The quantitative estimate of drug-likeness (QED) is 0.788.